The van der Waals surface area contributed by atoms with Crippen LogP contribution in [0.25, 0.3) is 0 Å². The van der Waals surface area contributed by atoms with Crippen molar-refractivity contribution in [1.82, 2.24) is 0 Å². The van der Waals surface area contributed by atoms with E-state index in [0.717, 1.165) is 12.8 Å². The van der Waals surface area contributed by atoms with Crippen molar-refractivity contribution >= 4 is 5.97 Å². The third kappa shape index (κ3) is 3.59. The van der Waals surface area contributed by atoms with Crippen LogP contribution >= 0.6 is 0 Å². The van der Waals surface area contributed by atoms with E-state index in [-0.39, 0.29) is 18.5 Å². The molecule has 1 aliphatic rings. The highest BCUT2D eigenvalue weighted by atomic mass is 16.5. The minimum Gasteiger partial charge on any atom is -0.462 e. The molecule has 0 bridgehead atoms. The fourth-order valence-corrected chi connectivity index (χ4v) is 1.49. The number of hydrogen-bond donors (Lipinski definition) is 1. The maximum Gasteiger partial charge on any atom is 0.308 e. The summed E-state index contributed by atoms with van der Waals surface area (Å²) in [6, 6.07) is 0. The van der Waals surface area contributed by atoms with Crippen LogP contribution in [-0.2, 0) is 9.53 Å². The maximum absolute atomic E-state index is 10.9. The lowest BCUT2D eigenvalue weighted by molar-refractivity contribution is -0.160. The van der Waals surface area contributed by atoms with Gasteiger partial charge in [-0.15, -0.1) is 0 Å². The monoisotopic (exact) mass is 184 g/mol. The summed E-state index contributed by atoms with van der Waals surface area (Å²) in [6.07, 6.45) is 5.87. The number of allylic oxidation sites excluding steroid dienone is 2. The number of cyclic esters (lactones) is 1. The summed E-state index contributed by atoms with van der Waals surface area (Å²) in [6.45, 7) is 1.96. The first kappa shape index (κ1) is 10.3. The lowest BCUT2D eigenvalue weighted by atomic mass is 10.0. The van der Waals surface area contributed by atoms with Crippen molar-refractivity contribution in [3.8, 4) is 0 Å². The van der Waals surface area contributed by atoms with Gasteiger partial charge >= 0.3 is 5.97 Å². The van der Waals surface area contributed by atoms with Crippen LogP contribution in [0.1, 0.15) is 32.6 Å². The fourth-order valence-electron chi connectivity index (χ4n) is 1.49. The van der Waals surface area contributed by atoms with E-state index >= 15 is 0 Å². The zero-order chi connectivity index (χ0) is 9.68. The topological polar surface area (TPSA) is 46.5 Å². The van der Waals surface area contributed by atoms with Gasteiger partial charge in [0.1, 0.15) is 6.10 Å². The molecule has 1 aliphatic heterocycles. The van der Waals surface area contributed by atoms with E-state index in [1.165, 1.54) is 0 Å². The Morgan fingerprint density at radius 2 is 2.46 bits per heavy atom. The Kier molecular flexibility index (Phi) is 3.96. The van der Waals surface area contributed by atoms with Gasteiger partial charge < -0.3 is 9.84 Å². The summed E-state index contributed by atoms with van der Waals surface area (Å²) in [5, 5.41) is 9.29. The lowest BCUT2D eigenvalue weighted by Gasteiger charge is -2.25. The quantitative estimate of drug-likeness (QED) is 0.533. The molecule has 2 atom stereocenters. The zero-order valence-electron chi connectivity index (χ0n) is 7.90. The smallest absolute Gasteiger partial charge is 0.308 e. The number of hydrogen-bond acceptors (Lipinski definition) is 3. The molecule has 1 fully saturated rings. The highest BCUT2D eigenvalue weighted by Crippen LogP contribution is 2.18. The second-order valence-corrected chi connectivity index (χ2v) is 3.35. The van der Waals surface area contributed by atoms with Crippen molar-refractivity contribution in [2.45, 2.75) is 44.8 Å². The number of rotatable bonds is 3. The molecule has 0 saturated carbocycles. The number of esters is 1. The summed E-state index contributed by atoms with van der Waals surface area (Å²) >= 11 is 0. The van der Waals surface area contributed by atoms with Gasteiger partial charge in [0.05, 0.1) is 12.5 Å². The third-order valence-electron chi connectivity index (χ3n) is 2.13. The predicted molar refractivity (Wildman–Crippen MR) is 49.2 cm³/mol. The summed E-state index contributed by atoms with van der Waals surface area (Å²) < 4.78 is 5.07. The summed E-state index contributed by atoms with van der Waals surface area (Å²) in [5.74, 6) is -0.274. The molecule has 1 heterocycles. The van der Waals surface area contributed by atoms with Gasteiger partial charge in [0.2, 0.25) is 0 Å². The normalized spacial score (nSPS) is 29.2. The van der Waals surface area contributed by atoms with Crippen molar-refractivity contribution < 1.29 is 14.6 Å². The van der Waals surface area contributed by atoms with Crippen LogP contribution in [0.15, 0.2) is 12.2 Å². The van der Waals surface area contributed by atoms with E-state index in [1.54, 1.807) is 0 Å². The summed E-state index contributed by atoms with van der Waals surface area (Å²) in [4.78, 5) is 10.9. The molecule has 0 aromatic carbocycles. The Hall–Kier alpha value is -0.830. The van der Waals surface area contributed by atoms with E-state index in [0.29, 0.717) is 6.42 Å². The highest BCUT2D eigenvalue weighted by molar-refractivity contribution is 5.70. The Morgan fingerprint density at radius 1 is 1.69 bits per heavy atom. The maximum atomic E-state index is 10.9. The molecule has 1 N–H and O–H groups in total. The first-order valence-corrected chi connectivity index (χ1v) is 4.71. The number of ether oxygens (including phenoxy) is 1. The molecular weight excluding hydrogens is 168 g/mol. The average Bonchev–Trinajstić information content (AvgIpc) is 2.03. The number of carbonyl (C=O) groups excluding carboxylic acids is 1. The molecular formula is C10H16O3. The van der Waals surface area contributed by atoms with Gasteiger partial charge in [-0.1, -0.05) is 12.2 Å². The van der Waals surface area contributed by atoms with E-state index < -0.39 is 6.10 Å². The van der Waals surface area contributed by atoms with E-state index in [2.05, 4.69) is 0 Å². The van der Waals surface area contributed by atoms with Crippen molar-refractivity contribution in [3.63, 3.8) is 0 Å². The second-order valence-electron chi connectivity index (χ2n) is 3.35. The molecule has 13 heavy (non-hydrogen) atoms. The van der Waals surface area contributed by atoms with Gasteiger partial charge in [-0.05, 0) is 19.8 Å². The van der Waals surface area contributed by atoms with Gasteiger partial charge in [0, 0.05) is 6.42 Å². The fraction of sp³-hybridized carbons (Fsp3) is 0.700. The second kappa shape index (κ2) is 5.02. The first-order chi connectivity index (χ1) is 6.22. The van der Waals surface area contributed by atoms with Crippen molar-refractivity contribution in [1.29, 1.82) is 0 Å². The molecule has 74 valence electrons. The number of carbonyl (C=O) groups is 1. The molecule has 0 amide bonds. The van der Waals surface area contributed by atoms with Crippen molar-refractivity contribution in [2.75, 3.05) is 0 Å². The molecule has 3 nitrogen and oxygen atoms in total. The van der Waals surface area contributed by atoms with E-state index in [1.807, 2.05) is 19.1 Å². The SMILES string of the molecule is C/C=C/CC[C@H]1C[C@H](O)CC(=O)O1. The van der Waals surface area contributed by atoms with E-state index in [4.69, 9.17) is 4.74 Å². The molecule has 3 heteroatoms. The van der Waals surface area contributed by atoms with Crippen LogP contribution in [0.3, 0.4) is 0 Å². The number of aliphatic hydroxyl groups excluding tert-OH is 1. The number of aliphatic hydroxyl groups is 1. The van der Waals surface area contributed by atoms with Gasteiger partial charge in [0.15, 0.2) is 0 Å². The molecule has 0 spiro atoms. The zero-order valence-corrected chi connectivity index (χ0v) is 7.90. The Balaban J connectivity index is 2.28. The van der Waals surface area contributed by atoms with Gasteiger partial charge in [-0.3, -0.25) is 4.79 Å². The minimum absolute atomic E-state index is 0.0903. The van der Waals surface area contributed by atoms with Crippen LogP contribution < -0.4 is 0 Å². The van der Waals surface area contributed by atoms with Crippen molar-refractivity contribution in [2.24, 2.45) is 0 Å². The van der Waals surface area contributed by atoms with Gasteiger partial charge in [-0.25, -0.2) is 0 Å². The van der Waals surface area contributed by atoms with Crippen LogP contribution in [0.5, 0.6) is 0 Å². The summed E-state index contributed by atoms with van der Waals surface area (Å²) in [7, 11) is 0. The predicted octanol–water partition coefficient (Wildman–Crippen LogP) is 1.41. The first-order valence-electron chi connectivity index (χ1n) is 4.71. The molecule has 0 radical (unpaired) electrons. The Labute approximate surface area is 78.4 Å². The molecule has 0 aliphatic carbocycles. The van der Waals surface area contributed by atoms with Crippen molar-refractivity contribution in [3.05, 3.63) is 12.2 Å². The molecule has 0 aromatic heterocycles. The van der Waals surface area contributed by atoms with Crippen LogP contribution in [0, 0.1) is 0 Å². The van der Waals surface area contributed by atoms with Crippen LogP contribution in [0.4, 0.5) is 0 Å². The Morgan fingerprint density at radius 3 is 3.08 bits per heavy atom. The highest BCUT2D eigenvalue weighted by Gasteiger charge is 2.26. The molecule has 1 rings (SSSR count). The minimum atomic E-state index is -0.503. The molecule has 1 saturated heterocycles. The van der Waals surface area contributed by atoms with Crippen LogP contribution in [0.2, 0.25) is 0 Å². The third-order valence-corrected chi connectivity index (χ3v) is 2.13. The largest absolute Gasteiger partial charge is 0.462 e. The van der Waals surface area contributed by atoms with Gasteiger partial charge in [0.25, 0.3) is 0 Å². The van der Waals surface area contributed by atoms with E-state index in [9.17, 15) is 9.90 Å². The van der Waals surface area contributed by atoms with Gasteiger partial charge in [-0.2, -0.15) is 0 Å². The standard InChI is InChI=1S/C10H16O3/c1-2-3-4-5-9-6-8(11)7-10(12)13-9/h2-3,8-9,11H,4-7H2,1H3/b3-2+/t8-,9-/m0/s1. The molecule has 0 aromatic rings. The lowest BCUT2D eigenvalue weighted by Crippen LogP contribution is -2.32. The average molecular weight is 184 g/mol. The molecule has 0 unspecified atom stereocenters. The van der Waals surface area contributed by atoms with Crippen LogP contribution in [-0.4, -0.2) is 23.3 Å². The Bertz CT molecular complexity index is 198. The summed E-state index contributed by atoms with van der Waals surface area (Å²) in [5.41, 5.74) is 0.